The van der Waals surface area contributed by atoms with Gasteiger partial charge in [-0.3, -0.25) is 9.89 Å². The maximum atomic E-state index is 13.6. The second-order valence-corrected chi connectivity index (χ2v) is 8.43. The number of rotatable bonds is 5. The molecule has 1 saturated heterocycles. The molecule has 3 heterocycles. The summed E-state index contributed by atoms with van der Waals surface area (Å²) in [5.74, 6) is 0.802. The molecular formula is C27H28N4O2. The predicted octanol–water partition coefficient (Wildman–Crippen LogP) is 5.17. The summed E-state index contributed by atoms with van der Waals surface area (Å²) in [6.07, 6.45) is 7.33. The van der Waals surface area contributed by atoms with Gasteiger partial charge >= 0.3 is 0 Å². The van der Waals surface area contributed by atoms with Crippen LogP contribution in [-0.4, -0.2) is 34.8 Å². The fourth-order valence-corrected chi connectivity index (χ4v) is 4.49. The van der Waals surface area contributed by atoms with E-state index in [2.05, 4.69) is 22.1 Å². The van der Waals surface area contributed by atoms with Gasteiger partial charge in [0.2, 0.25) is 0 Å². The maximum absolute atomic E-state index is 13.6. The number of H-pyrrole nitrogens is 1. The molecule has 0 unspecified atom stereocenters. The first-order valence-corrected chi connectivity index (χ1v) is 11.4. The number of anilines is 1. The minimum Gasteiger partial charge on any atom is -0.497 e. The van der Waals surface area contributed by atoms with Crippen molar-refractivity contribution in [2.45, 2.75) is 26.2 Å². The second-order valence-electron chi connectivity index (χ2n) is 8.43. The first-order valence-electron chi connectivity index (χ1n) is 11.4. The first kappa shape index (κ1) is 21.1. The monoisotopic (exact) mass is 440 g/mol. The van der Waals surface area contributed by atoms with Gasteiger partial charge in [0.1, 0.15) is 11.4 Å². The average Bonchev–Trinajstić information content (AvgIpc) is 3.25. The van der Waals surface area contributed by atoms with Gasteiger partial charge in [0.15, 0.2) is 5.65 Å². The maximum Gasteiger partial charge on any atom is 0.280 e. The molecule has 1 aliphatic rings. The highest BCUT2D eigenvalue weighted by molar-refractivity contribution is 5.86. The van der Waals surface area contributed by atoms with E-state index in [4.69, 9.17) is 9.72 Å². The van der Waals surface area contributed by atoms with Crippen LogP contribution in [0.3, 0.4) is 0 Å². The van der Waals surface area contributed by atoms with Crippen LogP contribution >= 0.6 is 0 Å². The van der Waals surface area contributed by atoms with Gasteiger partial charge in [-0.1, -0.05) is 48.5 Å². The van der Waals surface area contributed by atoms with E-state index in [1.165, 1.54) is 6.42 Å². The Bertz CT molecular complexity index is 1350. The second kappa shape index (κ2) is 8.98. The van der Waals surface area contributed by atoms with Gasteiger partial charge in [-0.05, 0) is 50.0 Å². The molecule has 1 fully saturated rings. The smallest absolute Gasteiger partial charge is 0.280 e. The number of aromatic nitrogens is 3. The van der Waals surface area contributed by atoms with E-state index in [9.17, 15) is 4.79 Å². The topological polar surface area (TPSA) is 62.6 Å². The van der Waals surface area contributed by atoms with Gasteiger partial charge in [-0.15, -0.1) is 0 Å². The van der Waals surface area contributed by atoms with Crippen LogP contribution in [0.2, 0.25) is 0 Å². The molecule has 0 amide bonds. The van der Waals surface area contributed by atoms with Crippen molar-refractivity contribution in [1.29, 1.82) is 0 Å². The average molecular weight is 441 g/mol. The van der Waals surface area contributed by atoms with E-state index in [0.717, 1.165) is 59.9 Å². The predicted molar refractivity (Wildman–Crippen MR) is 134 cm³/mol. The molecule has 6 heteroatoms. The summed E-state index contributed by atoms with van der Waals surface area (Å²) in [5, 5.41) is 3.38. The number of aromatic amines is 1. The number of ether oxygens (including phenoxy) is 1. The van der Waals surface area contributed by atoms with Crippen LogP contribution < -0.4 is 15.2 Å². The van der Waals surface area contributed by atoms with Crippen LogP contribution in [0.1, 0.15) is 36.1 Å². The molecule has 6 nitrogen and oxygen atoms in total. The van der Waals surface area contributed by atoms with E-state index in [1.54, 1.807) is 11.6 Å². The van der Waals surface area contributed by atoms with Crippen LogP contribution in [0, 0.1) is 6.92 Å². The molecule has 33 heavy (non-hydrogen) atoms. The quantitative estimate of drug-likeness (QED) is 0.465. The summed E-state index contributed by atoms with van der Waals surface area (Å²) in [5.41, 5.74) is 5.91. The molecule has 0 atom stereocenters. The molecular weight excluding hydrogens is 412 g/mol. The van der Waals surface area contributed by atoms with Crippen LogP contribution in [-0.2, 0) is 0 Å². The van der Waals surface area contributed by atoms with Crippen molar-refractivity contribution in [2.24, 2.45) is 0 Å². The molecule has 2 aromatic carbocycles. The third-order valence-corrected chi connectivity index (χ3v) is 6.27. The van der Waals surface area contributed by atoms with Crippen molar-refractivity contribution < 1.29 is 4.74 Å². The standard InChI is InChI=1S/C27H28N4O2/c1-19-23(16-13-20-11-14-22(33-2)15-12-20)27(32)31-26(28-19)25(30-17-7-4-8-18-30)24(29-31)21-9-5-3-6-10-21/h3,5-6,9-16,29H,4,7-8,17-18H2,1-2H3/b16-13+. The van der Waals surface area contributed by atoms with Crippen molar-refractivity contribution in [2.75, 3.05) is 25.1 Å². The summed E-state index contributed by atoms with van der Waals surface area (Å²) in [6, 6.07) is 17.9. The van der Waals surface area contributed by atoms with Crippen LogP contribution in [0.25, 0.3) is 29.1 Å². The van der Waals surface area contributed by atoms with E-state index < -0.39 is 0 Å². The lowest BCUT2D eigenvalue weighted by Gasteiger charge is -2.28. The highest BCUT2D eigenvalue weighted by atomic mass is 16.5. The summed E-state index contributed by atoms with van der Waals surface area (Å²) in [7, 11) is 1.65. The Balaban J connectivity index is 1.64. The molecule has 0 spiro atoms. The zero-order valence-electron chi connectivity index (χ0n) is 19.0. The van der Waals surface area contributed by atoms with Gasteiger partial charge in [0.05, 0.1) is 24.1 Å². The Morgan fingerprint density at radius 2 is 1.70 bits per heavy atom. The third kappa shape index (κ3) is 4.04. The normalized spacial score (nSPS) is 14.3. The SMILES string of the molecule is COc1ccc(/C=C/c2c(C)nc3c(N4CCCCC4)c(-c4ccccc4)[nH]n3c2=O)cc1. The number of aryl methyl sites for hydroxylation is 1. The van der Waals surface area contributed by atoms with Gasteiger partial charge < -0.3 is 9.64 Å². The molecule has 2 aromatic heterocycles. The zero-order chi connectivity index (χ0) is 22.8. The Hall–Kier alpha value is -3.80. The van der Waals surface area contributed by atoms with Gasteiger partial charge in [-0.2, -0.15) is 4.52 Å². The van der Waals surface area contributed by atoms with Gasteiger partial charge in [0.25, 0.3) is 5.56 Å². The van der Waals surface area contributed by atoms with E-state index >= 15 is 0 Å². The van der Waals surface area contributed by atoms with Crippen molar-refractivity contribution in [3.05, 3.63) is 81.8 Å². The van der Waals surface area contributed by atoms with Crippen molar-refractivity contribution >= 4 is 23.5 Å². The summed E-state index contributed by atoms with van der Waals surface area (Å²) < 4.78 is 6.83. The lowest BCUT2D eigenvalue weighted by atomic mass is 10.1. The first-order chi connectivity index (χ1) is 16.2. The third-order valence-electron chi connectivity index (χ3n) is 6.27. The van der Waals surface area contributed by atoms with Gasteiger partial charge in [-0.25, -0.2) is 4.98 Å². The Morgan fingerprint density at radius 3 is 2.39 bits per heavy atom. The van der Waals surface area contributed by atoms with Crippen LogP contribution in [0.4, 0.5) is 5.69 Å². The van der Waals surface area contributed by atoms with E-state index in [1.807, 2.05) is 61.5 Å². The summed E-state index contributed by atoms with van der Waals surface area (Å²) in [6.45, 7) is 3.85. The number of hydrogen-bond acceptors (Lipinski definition) is 4. The molecule has 1 aliphatic heterocycles. The van der Waals surface area contributed by atoms with Gasteiger partial charge in [0, 0.05) is 18.7 Å². The van der Waals surface area contributed by atoms with Crippen LogP contribution in [0.5, 0.6) is 5.75 Å². The number of nitrogens with one attached hydrogen (secondary N) is 1. The van der Waals surface area contributed by atoms with E-state index in [0.29, 0.717) is 11.2 Å². The Morgan fingerprint density at radius 1 is 0.970 bits per heavy atom. The fraction of sp³-hybridized carbons (Fsp3) is 0.259. The number of hydrogen-bond donors (Lipinski definition) is 1. The molecule has 4 aromatic rings. The Labute approximate surface area is 193 Å². The van der Waals surface area contributed by atoms with E-state index in [-0.39, 0.29) is 5.56 Å². The van der Waals surface area contributed by atoms with Crippen molar-refractivity contribution in [3.63, 3.8) is 0 Å². The molecule has 0 radical (unpaired) electrons. The number of benzene rings is 2. The molecule has 168 valence electrons. The number of nitrogens with zero attached hydrogens (tertiary/aromatic N) is 3. The number of fused-ring (bicyclic) bond motifs is 1. The molecule has 1 N–H and O–H groups in total. The molecule has 0 saturated carbocycles. The van der Waals surface area contributed by atoms with Crippen molar-refractivity contribution in [1.82, 2.24) is 14.6 Å². The lowest BCUT2D eigenvalue weighted by Crippen LogP contribution is -2.30. The molecule has 0 aliphatic carbocycles. The number of piperidine rings is 1. The summed E-state index contributed by atoms with van der Waals surface area (Å²) in [4.78, 5) is 20.8. The largest absolute Gasteiger partial charge is 0.497 e. The fourth-order valence-electron chi connectivity index (χ4n) is 4.49. The highest BCUT2D eigenvalue weighted by Gasteiger charge is 2.24. The number of methoxy groups -OCH3 is 1. The Kier molecular flexibility index (Phi) is 5.73. The summed E-state index contributed by atoms with van der Waals surface area (Å²) >= 11 is 0. The molecule has 0 bridgehead atoms. The minimum absolute atomic E-state index is 0.0947. The highest BCUT2D eigenvalue weighted by Crippen LogP contribution is 2.34. The minimum atomic E-state index is -0.0947. The lowest BCUT2D eigenvalue weighted by molar-refractivity contribution is 0.415. The molecule has 5 rings (SSSR count). The van der Waals surface area contributed by atoms with Crippen LogP contribution in [0.15, 0.2) is 59.4 Å². The van der Waals surface area contributed by atoms with Crippen molar-refractivity contribution in [3.8, 4) is 17.0 Å². The zero-order valence-corrected chi connectivity index (χ0v) is 19.0.